The maximum atomic E-state index is 12.4. The van der Waals surface area contributed by atoms with Crippen LogP contribution >= 0.6 is 0 Å². The van der Waals surface area contributed by atoms with E-state index in [0.717, 1.165) is 11.1 Å². The highest BCUT2D eigenvalue weighted by molar-refractivity contribution is 5.78. The minimum Gasteiger partial charge on any atom is -0.444 e. The van der Waals surface area contributed by atoms with E-state index in [-0.39, 0.29) is 12.3 Å². The summed E-state index contributed by atoms with van der Waals surface area (Å²) in [6.07, 6.45) is 1.69. The molecular weight excluding hydrogens is 314 g/mol. The average Bonchev–Trinajstić information content (AvgIpc) is 3.11. The number of nitriles is 1. The molecule has 5 heteroatoms. The summed E-state index contributed by atoms with van der Waals surface area (Å²) >= 11 is 0. The Kier molecular flexibility index (Phi) is 4.91. The molecule has 1 aromatic heterocycles. The Morgan fingerprint density at radius 3 is 2.76 bits per heavy atom. The second kappa shape index (κ2) is 7.45. The molecule has 0 atom stereocenters. The summed E-state index contributed by atoms with van der Waals surface area (Å²) in [6, 6.07) is 18.9. The number of benzene rings is 2. The molecule has 3 aromatic rings. The van der Waals surface area contributed by atoms with Crippen molar-refractivity contribution in [2.24, 2.45) is 0 Å². The van der Waals surface area contributed by atoms with Crippen molar-refractivity contribution in [1.29, 1.82) is 5.26 Å². The number of nitrogens with zero attached hydrogens (tertiary/aromatic N) is 3. The van der Waals surface area contributed by atoms with Crippen molar-refractivity contribution < 1.29 is 9.21 Å². The molecule has 0 unspecified atom stereocenters. The van der Waals surface area contributed by atoms with Gasteiger partial charge < -0.3 is 9.32 Å². The quantitative estimate of drug-likeness (QED) is 0.718. The first-order chi connectivity index (χ1) is 12.2. The number of hydrogen-bond donors (Lipinski definition) is 0. The predicted octanol–water partition coefficient (Wildman–Crippen LogP) is 3.41. The second-order valence-electron chi connectivity index (χ2n) is 5.75. The number of carbonyl (C=O) groups is 1. The zero-order valence-electron chi connectivity index (χ0n) is 13.8. The highest BCUT2D eigenvalue weighted by Crippen LogP contribution is 2.18. The third kappa shape index (κ3) is 4.12. The second-order valence-corrected chi connectivity index (χ2v) is 5.75. The molecule has 124 valence electrons. The van der Waals surface area contributed by atoms with Crippen LogP contribution in [-0.4, -0.2) is 22.8 Å². The minimum atomic E-state index is -0.0599. The van der Waals surface area contributed by atoms with E-state index in [2.05, 4.69) is 11.1 Å². The zero-order chi connectivity index (χ0) is 17.6. The number of aromatic nitrogens is 1. The lowest BCUT2D eigenvalue weighted by atomic mass is 10.1. The van der Waals surface area contributed by atoms with Gasteiger partial charge in [0.05, 0.1) is 23.7 Å². The Morgan fingerprint density at radius 2 is 2.00 bits per heavy atom. The van der Waals surface area contributed by atoms with E-state index in [1.165, 1.54) is 6.26 Å². The van der Waals surface area contributed by atoms with Gasteiger partial charge in [0, 0.05) is 19.2 Å². The van der Waals surface area contributed by atoms with E-state index < -0.39 is 0 Å². The molecule has 0 N–H and O–H groups in total. The van der Waals surface area contributed by atoms with Crippen LogP contribution < -0.4 is 0 Å². The molecule has 0 saturated heterocycles. The fourth-order valence-corrected chi connectivity index (χ4v) is 2.49. The Balaban J connectivity index is 1.64. The first-order valence-corrected chi connectivity index (χ1v) is 7.88. The van der Waals surface area contributed by atoms with E-state index in [9.17, 15) is 4.79 Å². The summed E-state index contributed by atoms with van der Waals surface area (Å²) < 4.78 is 5.46. The Labute approximate surface area is 146 Å². The van der Waals surface area contributed by atoms with Crippen LogP contribution in [0.5, 0.6) is 0 Å². The van der Waals surface area contributed by atoms with Gasteiger partial charge in [-0.3, -0.25) is 4.79 Å². The number of hydrogen-bond acceptors (Lipinski definition) is 4. The van der Waals surface area contributed by atoms with Gasteiger partial charge in [-0.2, -0.15) is 5.26 Å². The van der Waals surface area contributed by atoms with Gasteiger partial charge in [0.15, 0.2) is 0 Å². The van der Waals surface area contributed by atoms with Crippen molar-refractivity contribution in [1.82, 2.24) is 9.88 Å². The molecule has 25 heavy (non-hydrogen) atoms. The summed E-state index contributed by atoms with van der Waals surface area (Å²) in [5.41, 5.74) is 2.98. The van der Waals surface area contributed by atoms with Crippen molar-refractivity contribution in [3.05, 3.63) is 77.7 Å². The van der Waals surface area contributed by atoms with Gasteiger partial charge in [0.2, 0.25) is 11.8 Å². The molecule has 0 bridgehead atoms. The van der Waals surface area contributed by atoms with E-state index in [0.29, 0.717) is 23.7 Å². The minimum absolute atomic E-state index is 0.0599. The monoisotopic (exact) mass is 331 g/mol. The van der Waals surface area contributed by atoms with E-state index >= 15 is 0 Å². The Bertz CT molecular complexity index is 910. The number of oxazole rings is 1. The van der Waals surface area contributed by atoms with Crippen LogP contribution in [0, 0.1) is 11.3 Å². The van der Waals surface area contributed by atoms with Crippen LogP contribution in [0.3, 0.4) is 0 Å². The molecular formula is C20H17N3O2. The van der Waals surface area contributed by atoms with Gasteiger partial charge in [0.25, 0.3) is 0 Å². The molecule has 0 aliphatic heterocycles. The van der Waals surface area contributed by atoms with Crippen molar-refractivity contribution >= 4 is 5.91 Å². The molecule has 1 heterocycles. The lowest BCUT2D eigenvalue weighted by Crippen LogP contribution is -2.27. The third-order valence-electron chi connectivity index (χ3n) is 3.81. The lowest BCUT2D eigenvalue weighted by Gasteiger charge is -2.16. The summed E-state index contributed by atoms with van der Waals surface area (Å²) in [5.74, 6) is 0.447. The molecule has 3 rings (SSSR count). The molecule has 0 aliphatic rings. The van der Waals surface area contributed by atoms with Crippen molar-refractivity contribution in [2.75, 3.05) is 7.05 Å². The third-order valence-corrected chi connectivity index (χ3v) is 3.81. The topological polar surface area (TPSA) is 70.1 Å². The van der Waals surface area contributed by atoms with Crippen LogP contribution in [-0.2, 0) is 17.8 Å². The van der Waals surface area contributed by atoms with Gasteiger partial charge in [-0.05, 0) is 29.8 Å². The van der Waals surface area contributed by atoms with E-state index in [1.54, 1.807) is 24.1 Å². The molecule has 5 nitrogen and oxygen atoms in total. The van der Waals surface area contributed by atoms with Crippen LogP contribution in [0.15, 0.2) is 65.3 Å². The normalized spacial score (nSPS) is 10.2. The highest BCUT2D eigenvalue weighted by Gasteiger charge is 2.14. The zero-order valence-corrected chi connectivity index (χ0v) is 13.8. The molecule has 0 spiro atoms. The summed E-state index contributed by atoms with van der Waals surface area (Å²) in [5, 5.41) is 8.95. The van der Waals surface area contributed by atoms with Crippen LogP contribution in [0.4, 0.5) is 0 Å². The Morgan fingerprint density at radius 1 is 1.20 bits per heavy atom. The van der Waals surface area contributed by atoms with Crippen LogP contribution in [0.1, 0.15) is 16.8 Å². The SMILES string of the molecule is CN(Cc1cccc(C#N)c1)C(=O)Cc1coc(-c2ccccc2)n1. The molecule has 0 fully saturated rings. The highest BCUT2D eigenvalue weighted by atomic mass is 16.3. The van der Waals surface area contributed by atoms with Crippen molar-refractivity contribution in [3.8, 4) is 17.5 Å². The molecule has 1 amide bonds. The molecule has 0 aliphatic carbocycles. The van der Waals surface area contributed by atoms with Crippen molar-refractivity contribution in [3.63, 3.8) is 0 Å². The lowest BCUT2D eigenvalue weighted by molar-refractivity contribution is -0.129. The Hall–Kier alpha value is -3.39. The van der Waals surface area contributed by atoms with Gasteiger partial charge in [-0.15, -0.1) is 0 Å². The van der Waals surface area contributed by atoms with Gasteiger partial charge in [-0.1, -0.05) is 30.3 Å². The number of likely N-dealkylation sites (N-methyl/N-ethyl adjacent to an activating group) is 1. The van der Waals surface area contributed by atoms with Gasteiger partial charge in [-0.25, -0.2) is 4.98 Å². The predicted molar refractivity (Wildman–Crippen MR) is 93.3 cm³/mol. The number of amides is 1. The average molecular weight is 331 g/mol. The number of rotatable bonds is 5. The molecule has 0 saturated carbocycles. The summed E-state index contributed by atoms with van der Waals surface area (Å²) in [7, 11) is 1.74. The molecule has 0 radical (unpaired) electrons. The first kappa shape index (κ1) is 16.5. The standard InChI is InChI=1S/C20H17N3O2/c1-23(13-16-7-5-6-15(10-16)12-21)19(24)11-18-14-25-20(22-18)17-8-3-2-4-9-17/h2-10,14H,11,13H2,1H3. The van der Waals surface area contributed by atoms with Crippen molar-refractivity contribution in [2.45, 2.75) is 13.0 Å². The first-order valence-electron chi connectivity index (χ1n) is 7.88. The fraction of sp³-hybridized carbons (Fsp3) is 0.150. The number of carbonyl (C=O) groups excluding carboxylic acids is 1. The van der Waals surface area contributed by atoms with Gasteiger partial charge >= 0.3 is 0 Å². The fourth-order valence-electron chi connectivity index (χ4n) is 2.49. The van der Waals surface area contributed by atoms with E-state index in [1.807, 2.05) is 42.5 Å². The maximum absolute atomic E-state index is 12.4. The maximum Gasteiger partial charge on any atom is 0.228 e. The summed E-state index contributed by atoms with van der Waals surface area (Å²) in [4.78, 5) is 18.4. The summed E-state index contributed by atoms with van der Waals surface area (Å²) in [6.45, 7) is 0.442. The van der Waals surface area contributed by atoms with E-state index in [4.69, 9.17) is 9.68 Å². The van der Waals surface area contributed by atoms with Crippen LogP contribution in [0.2, 0.25) is 0 Å². The molecule has 2 aromatic carbocycles. The van der Waals surface area contributed by atoms with Gasteiger partial charge in [0.1, 0.15) is 6.26 Å². The van der Waals surface area contributed by atoms with Crippen LogP contribution in [0.25, 0.3) is 11.5 Å². The smallest absolute Gasteiger partial charge is 0.228 e. The largest absolute Gasteiger partial charge is 0.444 e.